The molecule has 0 atom stereocenters. The van der Waals surface area contributed by atoms with Crippen molar-refractivity contribution >= 4 is 54.6 Å². The smallest absolute Gasteiger partial charge is 0.164 e. The second-order valence-electron chi connectivity index (χ2n) is 16.4. The van der Waals surface area contributed by atoms with Crippen molar-refractivity contribution in [2.45, 2.75) is 0 Å². The molecule has 0 saturated carbocycles. The van der Waals surface area contributed by atoms with Crippen molar-refractivity contribution in [1.29, 1.82) is 0 Å². The summed E-state index contributed by atoms with van der Waals surface area (Å²) in [4.78, 5) is 15.1. The van der Waals surface area contributed by atoms with Gasteiger partial charge in [-0.3, -0.25) is 0 Å². The van der Waals surface area contributed by atoms with Crippen LogP contribution in [0.4, 0.5) is 0 Å². The van der Waals surface area contributed by atoms with E-state index in [2.05, 4.69) is 184 Å². The van der Waals surface area contributed by atoms with E-state index < -0.39 is 0 Å². The van der Waals surface area contributed by atoms with Gasteiger partial charge in [-0.05, 0) is 83.9 Å². The van der Waals surface area contributed by atoms with Crippen LogP contribution < -0.4 is 0 Å². The van der Waals surface area contributed by atoms with Crippen LogP contribution in [-0.2, 0) is 0 Å². The number of nitrogens with zero attached hydrogens (tertiary/aromatic N) is 6. The van der Waals surface area contributed by atoms with Gasteiger partial charge in [0, 0.05) is 55.3 Å². The molecule has 0 aliphatic carbocycles. The van der Waals surface area contributed by atoms with Crippen LogP contribution in [0.1, 0.15) is 0 Å². The molecule has 0 amide bonds. The second-order valence-corrected chi connectivity index (χ2v) is 16.4. The van der Waals surface area contributed by atoms with Crippen LogP contribution in [0, 0.1) is 0 Å². The zero-order valence-electron chi connectivity index (χ0n) is 35.1. The highest BCUT2D eigenvalue weighted by Crippen LogP contribution is 2.46. The summed E-state index contributed by atoms with van der Waals surface area (Å²) >= 11 is 0. The Morgan fingerprint density at radius 2 is 0.692 bits per heavy atom. The highest BCUT2D eigenvalue weighted by molar-refractivity contribution is 6.29. The third-order valence-corrected chi connectivity index (χ3v) is 12.7. The number of hydrogen-bond donors (Lipinski definition) is 0. The van der Waals surface area contributed by atoms with Crippen molar-refractivity contribution in [2.24, 2.45) is 0 Å². The Bertz CT molecular complexity index is 3850. The van der Waals surface area contributed by atoms with Gasteiger partial charge in [-0.1, -0.05) is 158 Å². The molecule has 0 aliphatic heterocycles. The average Bonchev–Trinajstić information content (AvgIpc) is 4.03. The lowest BCUT2D eigenvalue weighted by Gasteiger charge is -2.12. The Morgan fingerprint density at radius 1 is 0.246 bits per heavy atom. The molecule has 304 valence electrons. The first-order valence-corrected chi connectivity index (χ1v) is 22.0. The van der Waals surface area contributed by atoms with Crippen molar-refractivity contribution in [3.8, 4) is 62.4 Å². The highest BCUT2D eigenvalue weighted by atomic mass is 15.1. The number of para-hydroxylation sites is 4. The zero-order valence-corrected chi connectivity index (χ0v) is 35.1. The van der Waals surface area contributed by atoms with Crippen LogP contribution in [0.3, 0.4) is 0 Å². The van der Waals surface area contributed by atoms with Crippen molar-refractivity contribution in [3.05, 3.63) is 231 Å². The van der Waals surface area contributed by atoms with Gasteiger partial charge in [0.15, 0.2) is 17.5 Å². The molecule has 6 nitrogen and oxygen atoms in total. The predicted molar refractivity (Wildman–Crippen MR) is 267 cm³/mol. The molecule has 4 heterocycles. The van der Waals surface area contributed by atoms with Gasteiger partial charge in [-0.25, -0.2) is 15.0 Å². The van der Waals surface area contributed by atoms with Crippen LogP contribution in [-0.4, -0.2) is 28.7 Å². The third-order valence-electron chi connectivity index (χ3n) is 12.7. The monoisotopic (exact) mass is 830 g/mol. The zero-order chi connectivity index (χ0) is 42.8. The number of hydrogen-bond acceptors (Lipinski definition) is 3. The fraction of sp³-hybridized carbons (Fsp3) is 0. The first-order valence-electron chi connectivity index (χ1n) is 22.0. The second kappa shape index (κ2) is 14.9. The van der Waals surface area contributed by atoms with Crippen LogP contribution in [0.2, 0.25) is 0 Å². The summed E-state index contributed by atoms with van der Waals surface area (Å²) in [6.45, 7) is 0. The van der Waals surface area contributed by atoms with E-state index in [-0.39, 0.29) is 0 Å². The SMILES string of the molecule is c1ccc(-c2nc(-c3ccccc3)nc(-c3cccc(-c4ccc5c(c4)c4c(c6ccc7c(c8ccccc8n7-c7ccccc7)c6n4-c4ccccc4)n5-c4ccccc4)c3)n2)cc1. The van der Waals surface area contributed by atoms with Gasteiger partial charge in [0.1, 0.15) is 0 Å². The highest BCUT2D eigenvalue weighted by Gasteiger charge is 2.26. The normalized spacial score (nSPS) is 11.7. The number of aromatic nitrogens is 6. The van der Waals surface area contributed by atoms with Gasteiger partial charge in [-0.15, -0.1) is 0 Å². The summed E-state index contributed by atoms with van der Waals surface area (Å²) < 4.78 is 7.37. The number of fused-ring (bicyclic) bond motifs is 9. The molecule has 65 heavy (non-hydrogen) atoms. The van der Waals surface area contributed by atoms with Gasteiger partial charge in [0.2, 0.25) is 0 Å². The Labute approximate surface area is 374 Å². The summed E-state index contributed by atoms with van der Waals surface area (Å²) in [5.41, 5.74) is 15.3. The topological polar surface area (TPSA) is 53.5 Å². The fourth-order valence-corrected chi connectivity index (χ4v) is 9.82. The van der Waals surface area contributed by atoms with Crippen molar-refractivity contribution in [1.82, 2.24) is 28.7 Å². The molecule has 0 aliphatic rings. The molecule has 0 N–H and O–H groups in total. The molecule has 0 spiro atoms. The Hall–Kier alpha value is -8.87. The number of rotatable bonds is 7. The van der Waals surface area contributed by atoms with Crippen molar-refractivity contribution in [3.63, 3.8) is 0 Å². The van der Waals surface area contributed by atoms with E-state index in [0.717, 1.165) is 61.3 Å². The van der Waals surface area contributed by atoms with Crippen LogP contribution >= 0.6 is 0 Å². The number of benzene rings is 9. The summed E-state index contributed by atoms with van der Waals surface area (Å²) in [6, 6.07) is 81.5. The molecular formula is C59H38N6. The van der Waals surface area contributed by atoms with Crippen LogP contribution in [0.15, 0.2) is 231 Å². The molecule has 0 bridgehead atoms. The van der Waals surface area contributed by atoms with Crippen LogP contribution in [0.5, 0.6) is 0 Å². The lowest BCUT2D eigenvalue weighted by Crippen LogP contribution is -2.00. The minimum absolute atomic E-state index is 0.626. The van der Waals surface area contributed by atoms with E-state index in [1.807, 2.05) is 60.7 Å². The van der Waals surface area contributed by atoms with Gasteiger partial charge in [0.25, 0.3) is 0 Å². The Balaban J connectivity index is 1.09. The summed E-state index contributed by atoms with van der Waals surface area (Å²) in [5, 5.41) is 4.78. The molecule has 6 heteroatoms. The quantitative estimate of drug-likeness (QED) is 0.161. The Kier molecular flexibility index (Phi) is 8.42. The molecule has 9 aromatic carbocycles. The lowest BCUT2D eigenvalue weighted by molar-refractivity contribution is 1.07. The summed E-state index contributed by atoms with van der Waals surface area (Å²) in [7, 11) is 0. The average molecular weight is 831 g/mol. The first-order chi connectivity index (χ1) is 32.3. The standard InChI is InChI=1S/C59H38N6/c1-6-19-39(20-7-1)57-60-58(40-21-8-2-9-22-40)62-59(61-57)43-24-18-23-41(37-43)42-33-35-51-49(38-42)56-55(64(51)45-27-12-4-13-28-45)48-34-36-52-53(54(48)65(56)46-29-14-5-15-30-46)47-31-16-17-32-50(47)63(52)44-25-10-3-11-26-44/h1-38H. The van der Waals surface area contributed by atoms with Gasteiger partial charge in [-0.2, -0.15) is 0 Å². The maximum Gasteiger partial charge on any atom is 0.164 e. The van der Waals surface area contributed by atoms with E-state index >= 15 is 0 Å². The van der Waals surface area contributed by atoms with E-state index in [4.69, 9.17) is 15.0 Å². The van der Waals surface area contributed by atoms with E-state index in [9.17, 15) is 0 Å². The third kappa shape index (κ3) is 5.92. The minimum atomic E-state index is 0.626. The molecule has 0 saturated heterocycles. The maximum atomic E-state index is 5.07. The minimum Gasteiger partial charge on any atom is -0.309 e. The molecule has 0 fully saturated rings. The van der Waals surface area contributed by atoms with Crippen molar-refractivity contribution < 1.29 is 0 Å². The Morgan fingerprint density at radius 3 is 1.32 bits per heavy atom. The van der Waals surface area contributed by atoms with E-state index in [1.165, 1.54) is 38.2 Å². The van der Waals surface area contributed by atoms with E-state index in [1.54, 1.807) is 0 Å². The van der Waals surface area contributed by atoms with Gasteiger partial charge < -0.3 is 13.7 Å². The van der Waals surface area contributed by atoms with Gasteiger partial charge >= 0.3 is 0 Å². The maximum absolute atomic E-state index is 5.07. The molecule has 0 unspecified atom stereocenters. The first kappa shape index (κ1) is 36.8. The predicted octanol–water partition coefficient (Wildman–Crippen LogP) is 14.7. The van der Waals surface area contributed by atoms with Crippen molar-refractivity contribution in [2.75, 3.05) is 0 Å². The summed E-state index contributed by atoms with van der Waals surface area (Å²) in [5.74, 6) is 1.91. The largest absolute Gasteiger partial charge is 0.309 e. The molecule has 0 radical (unpaired) electrons. The lowest BCUT2D eigenvalue weighted by atomic mass is 10.0. The van der Waals surface area contributed by atoms with Gasteiger partial charge in [0.05, 0.1) is 33.1 Å². The molecule has 13 rings (SSSR count). The molecule has 13 aromatic rings. The molecular weight excluding hydrogens is 793 g/mol. The van der Waals surface area contributed by atoms with E-state index in [0.29, 0.717) is 17.5 Å². The molecule has 4 aromatic heterocycles. The fourth-order valence-electron chi connectivity index (χ4n) is 9.82. The van der Waals surface area contributed by atoms with Crippen LogP contribution in [0.25, 0.3) is 117 Å². The summed E-state index contributed by atoms with van der Waals surface area (Å²) in [6.07, 6.45) is 0.